The summed E-state index contributed by atoms with van der Waals surface area (Å²) in [6.45, 7) is 9.22. The maximum absolute atomic E-state index is 14.6. The highest BCUT2D eigenvalue weighted by Crippen LogP contribution is 2.45. The fraction of sp³-hybridized carbons (Fsp3) is 0.475. The van der Waals surface area contributed by atoms with Gasteiger partial charge in [-0.3, -0.25) is 9.59 Å². The van der Waals surface area contributed by atoms with E-state index in [4.69, 9.17) is 19.2 Å². The molecule has 0 radical (unpaired) electrons. The van der Waals surface area contributed by atoms with Crippen molar-refractivity contribution in [2.75, 3.05) is 13.7 Å². The molecule has 3 fully saturated rings. The van der Waals surface area contributed by atoms with Gasteiger partial charge in [0, 0.05) is 35.4 Å². The Labute approximate surface area is 303 Å². The first-order valence-corrected chi connectivity index (χ1v) is 18.0. The lowest BCUT2D eigenvalue weighted by molar-refractivity contribution is -0.146. The first-order chi connectivity index (χ1) is 24.8. The normalized spacial score (nSPS) is 23.7. The van der Waals surface area contributed by atoms with Gasteiger partial charge in [0.2, 0.25) is 11.8 Å². The third-order valence-corrected chi connectivity index (χ3v) is 10.4. The molecule has 2 saturated carbocycles. The van der Waals surface area contributed by atoms with Crippen LogP contribution in [-0.2, 0) is 19.1 Å². The number of amides is 3. The third kappa shape index (κ3) is 7.70. The molecule has 276 valence electrons. The summed E-state index contributed by atoms with van der Waals surface area (Å²) in [5.41, 5.74) is -0.0879. The van der Waals surface area contributed by atoms with Gasteiger partial charge < -0.3 is 34.9 Å². The molecule has 1 saturated heterocycles. The lowest BCUT2D eigenvalue weighted by Crippen LogP contribution is -2.59. The van der Waals surface area contributed by atoms with E-state index in [0.717, 1.165) is 37.7 Å². The van der Waals surface area contributed by atoms with Gasteiger partial charge in [-0.05, 0) is 49.7 Å². The van der Waals surface area contributed by atoms with E-state index in [-0.39, 0.29) is 25.5 Å². The molecule has 6 rings (SSSR count). The van der Waals surface area contributed by atoms with Crippen LogP contribution in [0.15, 0.2) is 67.3 Å². The predicted octanol–water partition coefficient (Wildman–Crippen LogP) is 5.88. The number of alkyl carbamates (subject to hydrolysis) is 1. The van der Waals surface area contributed by atoms with Gasteiger partial charge in [-0.25, -0.2) is 14.6 Å². The van der Waals surface area contributed by atoms with Crippen LogP contribution in [0.3, 0.4) is 0 Å². The molecule has 0 spiro atoms. The number of rotatable bonds is 11. The molecular formula is C40H48N4O8. The molecule has 2 aromatic carbocycles. The molecule has 2 heterocycles. The Balaban J connectivity index is 1.31. The van der Waals surface area contributed by atoms with Gasteiger partial charge in [-0.1, -0.05) is 63.6 Å². The number of nitrogens with one attached hydrogen (secondary N) is 2. The molecule has 3 amide bonds. The summed E-state index contributed by atoms with van der Waals surface area (Å²) in [5, 5.41) is 16.3. The van der Waals surface area contributed by atoms with Crippen molar-refractivity contribution in [3.05, 3.63) is 67.3 Å². The summed E-state index contributed by atoms with van der Waals surface area (Å²) in [7, 11) is 1.58. The zero-order valence-electron chi connectivity index (χ0n) is 30.2. The van der Waals surface area contributed by atoms with E-state index in [1.54, 1.807) is 7.11 Å². The van der Waals surface area contributed by atoms with Crippen LogP contribution in [0.25, 0.3) is 22.2 Å². The van der Waals surface area contributed by atoms with Crippen LogP contribution in [0.5, 0.6) is 11.5 Å². The van der Waals surface area contributed by atoms with Crippen LogP contribution in [0.2, 0.25) is 0 Å². The zero-order valence-corrected chi connectivity index (χ0v) is 30.2. The van der Waals surface area contributed by atoms with Gasteiger partial charge in [-0.15, -0.1) is 6.58 Å². The summed E-state index contributed by atoms with van der Waals surface area (Å²) in [5.74, 6) is -1.59. The first kappa shape index (κ1) is 36.7. The van der Waals surface area contributed by atoms with Gasteiger partial charge in [0.05, 0.1) is 24.9 Å². The summed E-state index contributed by atoms with van der Waals surface area (Å²) in [4.78, 5) is 60.4. The Kier molecular flexibility index (Phi) is 10.5. The van der Waals surface area contributed by atoms with Crippen molar-refractivity contribution in [2.45, 2.75) is 95.5 Å². The molecule has 1 aromatic heterocycles. The molecule has 1 aliphatic heterocycles. The van der Waals surface area contributed by atoms with E-state index in [2.05, 4.69) is 17.2 Å². The van der Waals surface area contributed by atoms with Crippen LogP contribution in [0.1, 0.15) is 65.7 Å². The Morgan fingerprint density at radius 3 is 2.40 bits per heavy atom. The van der Waals surface area contributed by atoms with Crippen molar-refractivity contribution in [3.8, 4) is 22.8 Å². The number of pyridine rings is 1. The van der Waals surface area contributed by atoms with E-state index in [9.17, 15) is 24.3 Å². The molecule has 12 heteroatoms. The van der Waals surface area contributed by atoms with E-state index in [0.29, 0.717) is 28.1 Å². The molecule has 1 unspecified atom stereocenters. The number of hydrogen-bond acceptors (Lipinski definition) is 8. The lowest BCUT2D eigenvalue weighted by atomic mass is 9.85. The smallest absolute Gasteiger partial charge is 0.408 e. The van der Waals surface area contributed by atoms with Crippen molar-refractivity contribution in [2.24, 2.45) is 11.3 Å². The number of methoxy groups -OCH3 is 1. The maximum atomic E-state index is 14.6. The minimum absolute atomic E-state index is 0.00839. The lowest BCUT2D eigenvalue weighted by Gasteiger charge is -2.35. The van der Waals surface area contributed by atoms with Gasteiger partial charge in [0.25, 0.3) is 0 Å². The number of carboxylic acids is 1. The molecule has 2 aliphatic carbocycles. The standard InChI is InChI=1S/C40H48N4O8/c1-6-25-22-40(25,37(47)48)43-35(45)32-20-28(23-44(32)36(46)34(39(2,3)4)42-38(49)52-26-15-11-8-12-16-26)51-33-21-30(24-13-9-7-10-14-24)41-31-19-27(50-5)17-18-29(31)33/h6-7,9-10,13-14,17-19,21,25-26,28,32,34H,1,8,11-12,15-16,20,22-23H2,2-5H3,(H,42,49)(H,43,45)(H,47,48)/t25-,28+,32-,34+,40?/m0/s1. The molecule has 5 atom stereocenters. The SMILES string of the molecule is C=C[C@H]1CC1(NC(=O)[C@@H]1C[C@@H](Oc2cc(-c3ccccc3)nc3cc(OC)ccc23)CN1C(=O)[C@@H](NC(=O)OC1CCCCC1)C(C)(C)C)C(=O)O. The third-order valence-electron chi connectivity index (χ3n) is 10.4. The van der Waals surface area contributed by atoms with Gasteiger partial charge in [0.15, 0.2) is 0 Å². The number of ether oxygens (including phenoxy) is 3. The second-order valence-electron chi connectivity index (χ2n) is 15.2. The van der Waals surface area contributed by atoms with E-state index in [1.807, 2.05) is 75.4 Å². The van der Waals surface area contributed by atoms with Crippen LogP contribution >= 0.6 is 0 Å². The molecule has 12 nitrogen and oxygen atoms in total. The summed E-state index contributed by atoms with van der Waals surface area (Å²) < 4.78 is 17.9. The number of aromatic nitrogens is 1. The van der Waals surface area contributed by atoms with Crippen LogP contribution in [-0.4, -0.2) is 82.4 Å². The summed E-state index contributed by atoms with van der Waals surface area (Å²) >= 11 is 0. The minimum atomic E-state index is -1.50. The van der Waals surface area contributed by atoms with Gasteiger partial charge in [0.1, 0.15) is 41.3 Å². The number of carbonyl (C=O) groups is 4. The largest absolute Gasteiger partial charge is 0.497 e. The van der Waals surface area contributed by atoms with E-state index in [1.165, 1.54) is 11.0 Å². The van der Waals surface area contributed by atoms with E-state index >= 15 is 0 Å². The second-order valence-corrected chi connectivity index (χ2v) is 15.2. The fourth-order valence-electron chi connectivity index (χ4n) is 7.33. The number of carboxylic acid groups (broad SMARTS) is 1. The average Bonchev–Trinajstić information content (AvgIpc) is 3.69. The Morgan fingerprint density at radius 1 is 1.04 bits per heavy atom. The quantitative estimate of drug-likeness (QED) is 0.207. The summed E-state index contributed by atoms with van der Waals surface area (Å²) in [6.07, 6.45) is 4.82. The number of carbonyl (C=O) groups excluding carboxylic acids is 3. The predicted molar refractivity (Wildman–Crippen MR) is 195 cm³/mol. The van der Waals surface area contributed by atoms with Crippen molar-refractivity contribution >= 4 is 34.8 Å². The van der Waals surface area contributed by atoms with Crippen LogP contribution in [0.4, 0.5) is 4.79 Å². The number of benzene rings is 2. The molecule has 3 aromatic rings. The van der Waals surface area contributed by atoms with Gasteiger partial charge in [-0.2, -0.15) is 0 Å². The Morgan fingerprint density at radius 2 is 1.77 bits per heavy atom. The molecule has 0 bridgehead atoms. The fourth-order valence-corrected chi connectivity index (χ4v) is 7.33. The zero-order chi connectivity index (χ0) is 37.2. The van der Waals surface area contributed by atoms with E-state index < -0.39 is 58.9 Å². The number of fused-ring (bicyclic) bond motifs is 1. The highest BCUT2D eigenvalue weighted by atomic mass is 16.6. The average molecular weight is 713 g/mol. The van der Waals surface area contributed by atoms with Crippen molar-refractivity contribution in [1.82, 2.24) is 20.5 Å². The van der Waals surface area contributed by atoms with Crippen molar-refractivity contribution < 1.29 is 38.5 Å². The van der Waals surface area contributed by atoms with Crippen molar-refractivity contribution in [1.29, 1.82) is 0 Å². The first-order valence-electron chi connectivity index (χ1n) is 18.0. The molecule has 52 heavy (non-hydrogen) atoms. The minimum Gasteiger partial charge on any atom is -0.497 e. The Hall–Kier alpha value is -5.13. The highest BCUT2D eigenvalue weighted by molar-refractivity contribution is 5.96. The van der Waals surface area contributed by atoms with Gasteiger partial charge >= 0.3 is 12.1 Å². The van der Waals surface area contributed by atoms with Crippen LogP contribution in [0, 0.1) is 11.3 Å². The summed E-state index contributed by atoms with van der Waals surface area (Å²) in [6, 6.07) is 14.8. The Bertz CT molecular complexity index is 1840. The maximum Gasteiger partial charge on any atom is 0.408 e. The second kappa shape index (κ2) is 14.8. The number of hydrogen-bond donors (Lipinski definition) is 3. The number of aliphatic carboxylic acids is 1. The number of nitrogens with zero attached hydrogens (tertiary/aromatic N) is 2. The molecular weight excluding hydrogens is 664 g/mol. The molecule has 3 aliphatic rings. The highest BCUT2D eigenvalue weighted by Gasteiger charge is 2.61. The monoisotopic (exact) mass is 712 g/mol. The van der Waals surface area contributed by atoms with Crippen LogP contribution < -0.4 is 20.1 Å². The van der Waals surface area contributed by atoms with Crippen molar-refractivity contribution in [3.63, 3.8) is 0 Å². The molecule has 3 N–H and O–H groups in total. The topological polar surface area (TPSA) is 156 Å². The number of likely N-dealkylation sites (tertiary alicyclic amines) is 1.